The number of nitrogens with one attached hydrogen (secondary N) is 1. The van der Waals surface area contributed by atoms with Gasteiger partial charge in [0.2, 0.25) is 0 Å². The molecule has 1 atom stereocenters. The molecule has 1 unspecified atom stereocenters. The van der Waals surface area contributed by atoms with Gasteiger partial charge in [-0.2, -0.15) is 0 Å². The zero-order chi connectivity index (χ0) is 10.9. The van der Waals surface area contributed by atoms with E-state index < -0.39 is 0 Å². The molecule has 1 N–H and O–H groups in total. The smallest absolute Gasteiger partial charge is 0.120 e. The van der Waals surface area contributed by atoms with Crippen LogP contribution in [-0.4, -0.2) is 6.54 Å². The van der Waals surface area contributed by atoms with Crippen molar-refractivity contribution < 1.29 is 4.42 Å². The van der Waals surface area contributed by atoms with Crippen LogP contribution in [0.15, 0.2) is 22.8 Å². The molecule has 0 saturated carbocycles. The number of hydrogen-bond donors (Lipinski definition) is 1. The SMILES string of the molecule is C#CCCCCNC(CC)c1ccco1. The molecule has 82 valence electrons. The van der Waals surface area contributed by atoms with Crippen LogP contribution in [0.3, 0.4) is 0 Å². The Bertz CT molecular complexity index is 284. The van der Waals surface area contributed by atoms with Crippen molar-refractivity contribution in [3.05, 3.63) is 24.2 Å². The van der Waals surface area contributed by atoms with Crippen LogP contribution >= 0.6 is 0 Å². The van der Waals surface area contributed by atoms with Crippen LogP contribution in [0.25, 0.3) is 0 Å². The van der Waals surface area contributed by atoms with Crippen LogP contribution in [-0.2, 0) is 0 Å². The summed E-state index contributed by atoms with van der Waals surface area (Å²) in [7, 11) is 0. The van der Waals surface area contributed by atoms with Crippen molar-refractivity contribution in [3.63, 3.8) is 0 Å². The number of hydrogen-bond acceptors (Lipinski definition) is 2. The standard InChI is InChI=1S/C13H19NO/c1-3-5-6-7-10-14-12(4-2)13-9-8-11-15-13/h1,8-9,11-12,14H,4-7,10H2,2H3. The highest BCUT2D eigenvalue weighted by atomic mass is 16.3. The Labute approximate surface area is 92.1 Å². The molecule has 2 nitrogen and oxygen atoms in total. The van der Waals surface area contributed by atoms with Crippen molar-refractivity contribution in [3.8, 4) is 12.3 Å². The van der Waals surface area contributed by atoms with Crippen molar-refractivity contribution in [2.45, 2.75) is 38.6 Å². The maximum absolute atomic E-state index is 5.37. The largest absolute Gasteiger partial charge is 0.468 e. The first-order chi connectivity index (χ1) is 7.38. The molecule has 1 aromatic heterocycles. The molecule has 0 aromatic carbocycles. The normalized spacial score (nSPS) is 12.3. The fourth-order valence-electron chi connectivity index (χ4n) is 1.56. The highest BCUT2D eigenvalue weighted by Gasteiger charge is 2.09. The molecule has 15 heavy (non-hydrogen) atoms. The Morgan fingerprint density at radius 3 is 3.00 bits per heavy atom. The van der Waals surface area contributed by atoms with E-state index in [-0.39, 0.29) is 0 Å². The third-order valence-electron chi connectivity index (χ3n) is 2.43. The molecule has 0 bridgehead atoms. The summed E-state index contributed by atoms with van der Waals surface area (Å²) in [5.74, 6) is 3.67. The topological polar surface area (TPSA) is 25.2 Å². The van der Waals surface area contributed by atoms with E-state index >= 15 is 0 Å². The van der Waals surface area contributed by atoms with Gasteiger partial charge >= 0.3 is 0 Å². The lowest BCUT2D eigenvalue weighted by Gasteiger charge is -2.13. The summed E-state index contributed by atoms with van der Waals surface area (Å²) < 4.78 is 5.37. The van der Waals surface area contributed by atoms with Gasteiger partial charge in [-0.25, -0.2) is 0 Å². The van der Waals surface area contributed by atoms with E-state index in [0.717, 1.165) is 38.0 Å². The van der Waals surface area contributed by atoms with E-state index in [1.807, 2.05) is 12.1 Å². The number of furan rings is 1. The first kappa shape index (κ1) is 11.9. The highest BCUT2D eigenvalue weighted by Crippen LogP contribution is 2.16. The van der Waals surface area contributed by atoms with Gasteiger partial charge in [-0.1, -0.05) is 6.92 Å². The van der Waals surface area contributed by atoms with Gasteiger partial charge in [0, 0.05) is 6.42 Å². The molecule has 0 aliphatic rings. The lowest BCUT2D eigenvalue weighted by molar-refractivity contribution is 0.401. The molecule has 1 rings (SSSR count). The molecular formula is C13H19NO. The molecule has 2 heteroatoms. The summed E-state index contributed by atoms with van der Waals surface area (Å²) in [6.07, 6.45) is 11.0. The van der Waals surface area contributed by atoms with Gasteiger partial charge in [0.1, 0.15) is 5.76 Å². The summed E-state index contributed by atoms with van der Waals surface area (Å²) in [6.45, 7) is 3.16. The maximum Gasteiger partial charge on any atom is 0.120 e. The summed E-state index contributed by atoms with van der Waals surface area (Å²) >= 11 is 0. The van der Waals surface area contributed by atoms with E-state index in [1.54, 1.807) is 6.26 Å². The van der Waals surface area contributed by atoms with Crippen LogP contribution < -0.4 is 5.32 Å². The highest BCUT2D eigenvalue weighted by molar-refractivity contribution is 5.03. The van der Waals surface area contributed by atoms with Crippen LogP contribution in [0.2, 0.25) is 0 Å². The average Bonchev–Trinajstić information content (AvgIpc) is 2.77. The van der Waals surface area contributed by atoms with E-state index in [9.17, 15) is 0 Å². The van der Waals surface area contributed by atoms with Crippen LogP contribution in [0, 0.1) is 12.3 Å². The van der Waals surface area contributed by atoms with Crippen molar-refractivity contribution >= 4 is 0 Å². The second kappa shape index (κ2) is 7.14. The quantitative estimate of drug-likeness (QED) is 0.546. The van der Waals surface area contributed by atoms with Crippen LogP contribution in [0.5, 0.6) is 0 Å². The molecule has 0 amide bonds. The average molecular weight is 205 g/mol. The first-order valence-corrected chi connectivity index (χ1v) is 5.58. The Morgan fingerprint density at radius 1 is 1.53 bits per heavy atom. The Balaban J connectivity index is 2.21. The molecule has 0 fully saturated rings. The monoisotopic (exact) mass is 205 g/mol. The molecule has 0 aliphatic carbocycles. The van der Waals surface area contributed by atoms with Crippen LogP contribution in [0.1, 0.15) is 44.4 Å². The van der Waals surface area contributed by atoms with Crippen molar-refractivity contribution in [1.82, 2.24) is 5.32 Å². The minimum atomic E-state index is 0.339. The molecular weight excluding hydrogens is 186 g/mol. The lowest BCUT2D eigenvalue weighted by Crippen LogP contribution is -2.21. The zero-order valence-electron chi connectivity index (χ0n) is 9.33. The van der Waals surface area contributed by atoms with Crippen molar-refractivity contribution in [1.29, 1.82) is 0 Å². The van der Waals surface area contributed by atoms with Gasteiger partial charge in [-0.3, -0.25) is 0 Å². The van der Waals surface area contributed by atoms with Crippen molar-refractivity contribution in [2.75, 3.05) is 6.54 Å². The predicted molar refractivity (Wildman–Crippen MR) is 62.4 cm³/mol. The van der Waals surface area contributed by atoms with Crippen molar-refractivity contribution in [2.24, 2.45) is 0 Å². The Hall–Kier alpha value is -1.20. The summed E-state index contributed by atoms with van der Waals surface area (Å²) in [6, 6.07) is 4.28. The van der Waals surface area contributed by atoms with E-state index in [0.29, 0.717) is 6.04 Å². The zero-order valence-corrected chi connectivity index (χ0v) is 9.33. The van der Waals surface area contributed by atoms with Gasteiger partial charge in [-0.05, 0) is 37.9 Å². The summed E-state index contributed by atoms with van der Waals surface area (Å²) in [4.78, 5) is 0. The number of terminal acetylenes is 1. The van der Waals surface area contributed by atoms with Gasteiger partial charge in [0.05, 0.1) is 12.3 Å². The third kappa shape index (κ3) is 4.22. The first-order valence-electron chi connectivity index (χ1n) is 5.58. The minimum Gasteiger partial charge on any atom is -0.468 e. The second-order valence-corrected chi connectivity index (χ2v) is 3.59. The second-order valence-electron chi connectivity index (χ2n) is 3.59. The van der Waals surface area contributed by atoms with Crippen LogP contribution in [0.4, 0.5) is 0 Å². The van der Waals surface area contributed by atoms with E-state index in [1.165, 1.54) is 0 Å². The molecule has 0 spiro atoms. The molecule has 0 aliphatic heterocycles. The minimum absolute atomic E-state index is 0.339. The molecule has 0 radical (unpaired) electrons. The summed E-state index contributed by atoms with van der Waals surface area (Å²) in [5, 5.41) is 3.47. The van der Waals surface area contributed by atoms with Gasteiger partial charge in [0.15, 0.2) is 0 Å². The molecule has 1 aromatic rings. The fourth-order valence-corrected chi connectivity index (χ4v) is 1.56. The number of unbranched alkanes of at least 4 members (excludes halogenated alkanes) is 2. The van der Waals surface area contributed by atoms with E-state index in [4.69, 9.17) is 10.8 Å². The Morgan fingerprint density at radius 2 is 2.40 bits per heavy atom. The predicted octanol–water partition coefficient (Wildman–Crippen LogP) is 3.12. The van der Waals surface area contributed by atoms with Gasteiger partial charge in [0.25, 0.3) is 0 Å². The third-order valence-corrected chi connectivity index (χ3v) is 2.43. The molecule has 0 saturated heterocycles. The van der Waals surface area contributed by atoms with Gasteiger partial charge in [-0.15, -0.1) is 12.3 Å². The Kier molecular flexibility index (Phi) is 5.65. The molecule has 1 heterocycles. The lowest BCUT2D eigenvalue weighted by atomic mass is 10.1. The van der Waals surface area contributed by atoms with E-state index in [2.05, 4.69) is 18.2 Å². The fraction of sp³-hybridized carbons (Fsp3) is 0.538. The number of rotatable bonds is 7. The van der Waals surface area contributed by atoms with Gasteiger partial charge < -0.3 is 9.73 Å². The maximum atomic E-state index is 5.37. The summed E-state index contributed by atoms with van der Waals surface area (Å²) in [5.41, 5.74) is 0.